The monoisotopic (exact) mass is 364 g/mol. The van der Waals surface area contributed by atoms with Crippen LogP contribution in [0.25, 0.3) is 0 Å². The van der Waals surface area contributed by atoms with Crippen LogP contribution in [0.1, 0.15) is 49.9 Å². The van der Waals surface area contributed by atoms with Gasteiger partial charge in [-0.3, -0.25) is 4.79 Å². The van der Waals surface area contributed by atoms with E-state index in [1.54, 1.807) is 28.6 Å². The number of carbonyl (C=O) groups is 1. The molecule has 2 aliphatic rings. The molecule has 2 aliphatic heterocycles. The number of benzene rings is 1. The Morgan fingerprint density at radius 2 is 1.52 bits per heavy atom. The number of rotatable bonds is 3. The molecule has 2 fully saturated rings. The highest BCUT2D eigenvalue weighted by atomic mass is 32.2. The second-order valence-electron chi connectivity index (χ2n) is 7.65. The fourth-order valence-electron chi connectivity index (χ4n) is 4.04. The molecule has 2 atom stereocenters. The quantitative estimate of drug-likeness (QED) is 0.828. The van der Waals surface area contributed by atoms with Crippen LogP contribution in [0.5, 0.6) is 0 Å². The van der Waals surface area contributed by atoms with Crippen LogP contribution >= 0.6 is 0 Å². The Bertz CT molecular complexity index is 699. The number of likely N-dealkylation sites (tertiary alicyclic amines) is 1. The molecule has 0 aliphatic carbocycles. The van der Waals surface area contributed by atoms with Gasteiger partial charge in [0, 0.05) is 31.7 Å². The van der Waals surface area contributed by atoms with Crippen LogP contribution in [0.4, 0.5) is 0 Å². The average Bonchev–Trinajstić information content (AvgIpc) is 2.61. The molecule has 0 unspecified atom stereocenters. The number of nitrogens with zero attached hydrogens (tertiary/aromatic N) is 2. The second kappa shape index (κ2) is 7.46. The molecular weight excluding hydrogens is 336 g/mol. The largest absolute Gasteiger partial charge is 0.338 e. The number of piperidine rings is 2. The molecule has 0 radical (unpaired) electrons. The van der Waals surface area contributed by atoms with Crippen molar-refractivity contribution in [3.63, 3.8) is 0 Å². The minimum atomic E-state index is -3.44. The van der Waals surface area contributed by atoms with E-state index >= 15 is 0 Å². The molecule has 5 nitrogen and oxygen atoms in total. The van der Waals surface area contributed by atoms with Crippen LogP contribution < -0.4 is 0 Å². The molecular formula is C19H28N2O3S. The van der Waals surface area contributed by atoms with Crippen molar-refractivity contribution in [2.75, 3.05) is 26.2 Å². The molecule has 1 aromatic rings. The van der Waals surface area contributed by atoms with E-state index < -0.39 is 10.0 Å². The molecule has 0 N–H and O–H groups in total. The number of sulfonamides is 1. The van der Waals surface area contributed by atoms with E-state index in [2.05, 4.69) is 13.8 Å². The Hall–Kier alpha value is -1.40. The van der Waals surface area contributed by atoms with Crippen LogP contribution in [-0.2, 0) is 10.0 Å². The fourth-order valence-corrected chi connectivity index (χ4v) is 5.55. The topological polar surface area (TPSA) is 57.7 Å². The average molecular weight is 365 g/mol. The van der Waals surface area contributed by atoms with Gasteiger partial charge in [0.15, 0.2) is 0 Å². The summed E-state index contributed by atoms with van der Waals surface area (Å²) in [6.07, 6.45) is 4.07. The van der Waals surface area contributed by atoms with Crippen molar-refractivity contribution in [1.29, 1.82) is 0 Å². The second-order valence-corrected chi connectivity index (χ2v) is 9.58. The molecule has 0 spiro atoms. The first-order valence-electron chi connectivity index (χ1n) is 9.27. The van der Waals surface area contributed by atoms with Crippen molar-refractivity contribution in [3.8, 4) is 0 Å². The van der Waals surface area contributed by atoms with Gasteiger partial charge >= 0.3 is 0 Å². The third-order valence-corrected chi connectivity index (χ3v) is 7.12. The first kappa shape index (κ1) is 18.4. The Morgan fingerprint density at radius 3 is 2.08 bits per heavy atom. The zero-order valence-electron chi connectivity index (χ0n) is 15.1. The number of carbonyl (C=O) groups excluding carboxylic acids is 1. The maximum Gasteiger partial charge on any atom is 0.253 e. The summed E-state index contributed by atoms with van der Waals surface area (Å²) >= 11 is 0. The molecule has 2 saturated heterocycles. The van der Waals surface area contributed by atoms with Crippen molar-refractivity contribution in [2.24, 2.45) is 11.8 Å². The van der Waals surface area contributed by atoms with Crippen molar-refractivity contribution in [3.05, 3.63) is 29.8 Å². The Balaban J connectivity index is 1.74. The summed E-state index contributed by atoms with van der Waals surface area (Å²) in [7, 11) is -3.44. The Labute approximate surface area is 151 Å². The van der Waals surface area contributed by atoms with Gasteiger partial charge in [0.25, 0.3) is 5.91 Å². The molecule has 1 amide bonds. The third-order valence-electron chi connectivity index (χ3n) is 5.21. The molecule has 0 saturated carbocycles. The van der Waals surface area contributed by atoms with Crippen LogP contribution in [0.3, 0.4) is 0 Å². The number of hydrogen-bond donors (Lipinski definition) is 0. The molecule has 2 heterocycles. The van der Waals surface area contributed by atoms with Gasteiger partial charge in [0.1, 0.15) is 0 Å². The molecule has 25 heavy (non-hydrogen) atoms. The van der Waals surface area contributed by atoms with E-state index in [1.807, 2.05) is 4.90 Å². The van der Waals surface area contributed by atoms with Gasteiger partial charge in [0.05, 0.1) is 4.90 Å². The summed E-state index contributed by atoms with van der Waals surface area (Å²) in [5.41, 5.74) is 0.568. The highest BCUT2D eigenvalue weighted by Crippen LogP contribution is 2.24. The summed E-state index contributed by atoms with van der Waals surface area (Å²) in [4.78, 5) is 14.9. The van der Waals surface area contributed by atoms with E-state index in [9.17, 15) is 13.2 Å². The van der Waals surface area contributed by atoms with Gasteiger partial charge in [0.2, 0.25) is 10.0 Å². The lowest BCUT2D eigenvalue weighted by Gasteiger charge is -2.35. The lowest BCUT2D eigenvalue weighted by molar-refractivity contribution is 0.0623. The van der Waals surface area contributed by atoms with Gasteiger partial charge in [-0.15, -0.1) is 0 Å². The molecule has 6 heteroatoms. The van der Waals surface area contributed by atoms with Gasteiger partial charge in [-0.1, -0.05) is 20.3 Å². The van der Waals surface area contributed by atoms with Crippen molar-refractivity contribution in [1.82, 2.24) is 9.21 Å². The Kier molecular flexibility index (Phi) is 5.49. The highest BCUT2D eigenvalue weighted by Gasteiger charge is 2.28. The number of amides is 1. The van der Waals surface area contributed by atoms with E-state index in [0.717, 1.165) is 38.8 Å². The first-order valence-corrected chi connectivity index (χ1v) is 10.7. The minimum Gasteiger partial charge on any atom is -0.338 e. The molecule has 3 rings (SSSR count). The van der Waals surface area contributed by atoms with Gasteiger partial charge in [-0.05, 0) is 55.4 Å². The normalized spacial score (nSPS) is 25.8. The zero-order valence-corrected chi connectivity index (χ0v) is 16.0. The summed E-state index contributed by atoms with van der Waals surface area (Å²) in [5, 5.41) is 0. The number of hydrogen-bond acceptors (Lipinski definition) is 3. The van der Waals surface area contributed by atoms with E-state index in [4.69, 9.17) is 0 Å². The minimum absolute atomic E-state index is 0.000297. The first-order chi connectivity index (χ1) is 11.9. The summed E-state index contributed by atoms with van der Waals surface area (Å²) < 4.78 is 26.9. The summed E-state index contributed by atoms with van der Waals surface area (Å²) in [5.74, 6) is 1.01. The molecule has 0 bridgehead atoms. The van der Waals surface area contributed by atoms with Gasteiger partial charge in [-0.2, -0.15) is 4.31 Å². The lowest BCUT2D eigenvalue weighted by Crippen LogP contribution is -2.42. The lowest BCUT2D eigenvalue weighted by atomic mass is 9.91. The van der Waals surface area contributed by atoms with E-state index in [-0.39, 0.29) is 10.8 Å². The van der Waals surface area contributed by atoms with Crippen LogP contribution in [0, 0.1) is 11.8 Å². The maximum absolute atomic E-state index is 12.7. The third kappa shape index (κ3) is 4.06. The summed E-state index contributed by atoms with van der Waals surface area (Å²) in [6, 6.07) is 6.47. The standard InChI is InChI=1S/C19H28N2O3S/c1-15-12-16(2)14-20(13-15)19(22)17-6-8-18(9-7-17)25(23,24)21-10-4-3-5-11-21/h6-9,15-16H,3-5,10-14H2,1-2H3/t15-,16-/m1/s1. The SMILES string of the molecule is C[C@@H]1C[C@@H](C)CN(C(=O)c2ccc(S(=O)(=O)N3CCCCC3)cc2)C1. The predicted molar refractivity (Wildman–Crippen MR) is 97.9 cm³/mol. The van der Waals surface area contributed by atoms with Crippen molar-refractivity contribution >= 4 is 15.9 Å². The van der Waals surface area contributed by atoms with Crippen molar-refractivity contribution < 1.29 is 13.2 Å². The van der Waals surface area contributed by atoms with Gasteiger partial charge < -0.3 is 4.90 Å². The predicted octanol–water partition coefficient (Wildman–Crippen LogP) is 2.98. The van der Waals surface area contributed by atoms with Crippen LogP contribution in [0.2, 0.25) is 0 Å². The highest BCUT2D eigenvalue weighted by molar-refractivity contribution is 7.89. The van der Waals surface area contributed by atoms with Gasteiger partial charge in [-0.25, -0.2) is 8.42 Å². The summed E-state index contributed by atoms with van der Waals surface area (Å²) in [6.45, 7) is 7.07. The zero-order chi connectivity index (χ0) is 18.0. The maximum atomic E-state index is 12.7. The van der Waals surface area contributed by atoms with Crippen LogP contribution in [-0.4, -0.2) is 49.7 Å². The Morgan fingerprint density at radius 1 is 0.960 bits per heavy atom. The van der Waals surface area contributed by atoms with Crippen LogP contribution in [0.15, 0.2) is 29.2 Å². The molecule has 0 aromatic heterocycles. The molecule has 138 valence electrons. The fraction of sp³-hybridized carbons (Fsp3) is 0.632. The van der Waals surface area contributed by atoms with E-state index in [1.165, 1.54) is 0 Å². The van der Waals surface area contributed by atoms with E-state index in [0.29, 0.717) is 30.5 Å². The molecule has 1 aromatic carbocycles. The van der Waals surface area contributed by atoms with Crippen molar-refractivity contribution in [2.45, 2.75) is 44.4 Å². The smallest absolute Gasteiger partial charge is 0.253 e.